The highest BCUT2D eigenvalue weighted by Gasteiger charge is 2.18. The van der Waals surface area contributed by atoms with Gasteiger partial charge in [0.2, 0.25) is 11.1 Å². The van der Waals surface area contributed by atoms with Crippen LogP contribution in [0.4, 0.5) is 14.5 Å². The Morgan fingerprint density at radius 1 is 1.41 bits per heavy atom. The van der Waals surface area contributed by atoms with Gasteiger partial charge in [-0.15, -0.1) is 5.10 Å². The third-order valence-electron chi connectivity index (χ3n) is 4.23. The van der Waals surface area contributed by atoms with Crippen molar-refractivity contribution < 1.29 is 18.3 Å². The lowest BCUT2D eigenvalue weighted by Crippen LogP contribution is -2.14. The van der Waals surface area contributed by atoms with Crippen molar-refractivity contribution in [1.82, 2.24) is 15.2 Å². The highest BCUT2D eigenvalue weighted by molar-refractivity contribution is 7.99. The van der Waals surface area contributed by atoms with Crippen molar-refractivity contribution in [3.8, 4) is 5.75 Å². The number of hydrogen-bond acceptors (Lipinski definition) is 5. The Labute approximate surface area is 164 Å². The number of halogens is 3. The molecule has 0 spiro atoms. The Morgan fingerprint density at radius 2 is 2.19 bits per heavy atom. The molecule has 0 aliphatic heterocycles. The number of thioether (sulfide) groups is 1. The molecule has 3 rings (SSSR count). The average Bonchev–Trinajstić information content (AvgIpc) is 3.28. The Morgan fingerprint density at radius 3 is 2.89 bits per heavy atom. The van der Waals surface area contributed by atoms with E-state index in [2.05, 4.69) is 25.2 Å². The van der Waals surface area contributed by atoms with Gasteiger partial charge in [0.05, 0.1) is 10.8 Å². The minimum Gasteiger partial charge on any atom is -0.433 e. The number of amides is 1. The van der Waals surface area contributed by atoms with Crippen LogP contribution in [0, 0.1) is 5.92 Å². The normalized spacial score (nSPS) is 14.7. The fourth-order valence-corrected chi connectivity index (χ4v) is 3.86. The maximum Gasteiger partial charge on any atom is 0.387 e. The van der Waals surface area contributed by atoms with Crippen LogP contribution in [0.5, 0.6) is 5.75 Å². The molecule has 1 aliphatic rings. The Balaban J connectivity index is 1.47. The molecule has 0 saturated heterocycles. The molecule has 0 unspecified atom stereocenters. The number of hydrogen-bond donors (Lipinski definition) is 2. The van der Waals surface area contributed by atoms with Crippen molar-refractivity contribution in [3.05, 3.63) is 29.0 Å². The first-order valence-corrected chi connectivity index (χ1v) is 9.94. The Kier molecular flexibility index (Phi) is 6.89. The molecule has 1 fully saturated rings. The van der Waals surface area contributed by atoms with Crippen LogP contribution in [0.15, 0.2) is 23.4 Å². The summed E-state index contributed by atoms with van der Waals surface area (Å²) in [4.78, 5) is 16.5. The van der Waals surface area contributed by atoms with Gasteiger partial charge in [-0.1, -0.05) is 49.0 Å². The molecule has 2 N–H and O–H groups in total. The van der Waals surface area contributed by atoms with E-state index in [0.29, 0.717) is 16.8 Å². The number of aromatic amines is 1. The van der Waals surface area contributed by atoms with Crippen LogP contribution in [0.3, 0.4) is 0 Å². The zero-order valence-corrected chi connectivity index (χ0v) is 16.0. The number of carbonyl (C=O) groups excluding carboxylic acids is 1. The monoisotopic (exact) mass is 416 g/mol. The first-order valence-electron chi connectivity index (χ1n) is 8.58. The molecular formula is C17H19ClF2N4O2S. The number of anilines is 1. The number of ether oxygens (including phenoxy) is 1. The van der Waals surface area contributed by atoms with E-state index in [1.165, 1.54) is 55.6 Å². The minimum atomic E-state index is -2.96. The standard InChI is InChI=1S/C17H19ClF2N4O2S/c18-12-8-11(5-6-13(12)26-16(19)20)21-15(25)9-27-17-22-14(23-24-17)7-10-3-1-2-4-10/h5-6,8,10,16H,1-4,7,9H2,(H,21,25)(H,22,23,24). The van der Waals surface area contributed by atoms with Crippen molar-refractivity contribution in [2.24, 2.45) is 5.92 Å². The molecule has 0 atom stereocenters. The zero-order chi connectivity index (χ0) is 19.2. The SMILES string of the molecule is O=C(CSc1n[nH]c(CC2CCCC2)n1)Nc1ccc(OC(F)F)c(Cl)c1. The highest BCUT2D eigenvalue weighted by Crippen LogP contribution is 2.29. The third kappa shape index (κ3) is 6.07. The molecule has 1 heterocycles. The number of rotatable bonds is 8. The second-order valence-corrected chi connectivity index (χ2v) is 7.63. The van der Waals surface area contributed by atoms with Gasteiger partial charge >= 0.3 is 6.61 Å². The predicted molar refractivity (Wildman–Crippen MR) is 99.5 cm³/mol. The van der Waals surface area contributed by atoms with Gasteiger partial charge in [-0.25, -0.2) is 4.98 Å². The summed E-state index contributed by atoms with van der Waals surface area (Å²) < 4.78 is 28.7. The molecule has 146 valence electrons. The molecule has 1 aromatic heterocycles. The van der Waals surface area contributed by atoms with Crippen LogP contribution in [-0.2, 0) is 11.2 Å². The maximum absolute atomic E-state index is 12.2. The summed E-state index contributed by atoms with van der Waals surface area (Å²) in [6.07, 6.45) is 5.91. The molecule has 27 heavy (non-hydrogen) atoms. The van der Waals surface area contributed by atoms with Gasteiger partial charge in [-0.2, -0.15) is 8.78 Å². The molecule has 2 aromatic rings. The van der Waals surface area contributed by atoms with Crippen LogP contribution in [0.2, 0.25) is 5.02 Å². The second kappa shape index (κ2) is 9.36. The number of nitrogens with zero attached hydrogens (tertiary/aromatic N) is 2. The first kappa shape index (κ1) is 19.9. The fraction of sp³-hybridized carbons (Fsp3) is 0.471. The minimum absolute atomic E-state index is 0.00808. The Hall–Kier alpha value is -1.87. The van der Waals surface area contributed by atoms with Gasteiger partial charge in [0, 0.05) is 12.1 Å². The van der Waals surface area contributed by atoms with Crippen LogP contribution in [0.1, 0.15) is 31.5 Å². The van der Waals surface area contributed by atoms with Crippen molar-refractivity contribution in [1.29, 1.82) is 0 Å². The van der Waals surface area contributed by atoms with E-state index >= 15 is 0 Å². The number of benzene rings is 1. The number of carbonyl (C=O) groups is 1. The van der Waals surface area contributed by atoms with E-state index in [1.807, 2.05) is 0 Å². The second-order valence-electron chi connectivity index (χ2n) is 6.28. The molecule has 1 amide bonds. The molecule has 0 bridgehead atoms. The smallest absolute Gasteiger partial charge is 0.387 e. The zero-order valence-electron chi connectivity index (χ0n) is 14.4. The quantitative estimate of drug-likeness (QED) is 0.618. The number of H-pyrrole nitrogens is 1. The van der Waals surface area contributed by atoms with E-state index in [1.54, 1.807) is 0 Å². The number of aromatic nitrogens is 3. The van der Waals surface area contributed by atoms with Gasteiger partial charge in [-0.3, -0.25) is 9.89 Å². The largest absolute Gasteiger partial charge is 0.433 e. The summed E-state index contributed by atoms with van der Waals surface area (Å²) in [6, 6.07) is 4.08. The molecule has 1 saturated carbocycles. The topological polar surface area (TPSA) is 79.9 Å². The highest BCUT2D eigenvalue weighted by atomic mass is 35.5. The van der Waals surface area contributed by atoms with E-state index in [9.17, 15) is 13.6 Å². The van der Waals surface area contributed by atoms with Gasteiger partial charge < -0.3 is 10.1 Å². The van der Waals surface area contributed by atoms with Crippen LogP contribution < -0.4 is 10.1 Å². The number of nitrogens with one attached hydrogen (secondary N) is 2. The maximum atomic E-state index is 12.2. The van der Waals surface area contributed by atoms with E-state index in [-0.39, 0.29) is 22.4 Å². The van der Waals surface area contributed by atoms with Gasteiger partial charge in [0.1, 0.15) is 11.6 Å². The van der Waals surface area contributed by atoms with Gasteiger partial charge in [0.25, 0.3) is 0 Å². The summed E-state index contributed by atoms with van der Waals surface area (Å²) in [6.45, 7) is -2.96. The first-order chi connectivity index (χ1) is 13.0. The summed E-state index contributed by atoms with van der Waals surface area (Å²) in [7, 11) is 0. The van der Waals surface area contributed by atoms with E-state index in [0.717, 1.165) is 12.2 Å². The van der Waals surface area contributed by atoms with Gasteiger partial charge in [-0.05, 0) is 24.1 Å². The van der Waals surface area contributed by atoms with Crippen molar-refractivity contribution in [2.45, 2.75) is 43.9 Å². The van der Waals surface area contributed by atoms with E-state index < -0.39 is 6.61 Å². The molecule has 1 aromatic carbocycles. The average molecular weight is 417 g/mol. The van der Waals surface area contributed by atoms with Crippen LogP contribution >= 0.6 is 23.4 Å². The molecule has 10 heteroatoms. The molecule has 6 nitrogen and oxygen atoms in total. The molecular weight excluding hydrogens is 398 g/mol. The fourth-order valence-electron chi connectivity index (χ4n) is 3.02. The van der Waals surface area contributed by atoms with E-state index in [4.69, 9.17) is 11.6 Å². The Bertz CT molecular complexity index is 784. The summed E-state index contributed by atoms with van der Waals surface area (Å²) >= 11 is 7.08. The van der Waals surface area contributed by atoms with Crippen molar-refractivity contribution in [2.75, 3.05) is 11.1 Å². The molecule has 1 aliphatic carbocycles. The third-order valence-corrected chi connectivity index (χ3v) is 5.37. The van der Waals surface area contributed by atoms with Gasteiger partial charge in [0.15, 0.2) is 0 Å². The summed E-state index contributed by atoms with van der Waals surface area (Å²) in [5, 5.41) is 10.2. The summed E-state index contributed by atoms with van der Waals surface area (Å²) in [5.41, 5.74) is 0.393. The number of alkyl halides is 2. The lowest BCUT2D eigenvalue weighted by Gasteiger charge is -2.09. The van der Waals surface area contributed by atoms with Crippen molar-refractivity contribution in [3.63, 3.8) is 0 Å². The lowest BCUT2D eigenvalue weighted by atomic mass is 10.0. The van der Waals surface area contributed by atoms with Crippen LogP contribution in [0.25, 0.3) is 0 Å². The predicted octanol–water partition coefficient (Wildman–Crippen LogP) is 4.52. The van der Waals surface area contributed by atoms with Crippen molar-refractivity contribution >= 4 is 35.0 Å². The molecule has 0 radical (unpaired) electrons. The van der Waals surface area contributed by atoms with Crippen LogP contribution in [-0.4, -0.2) is 33.5 Å². The summed E-state index contributed by atoms with van der Waals surface area (Å²) in [5.74, 6) is 1.22. The lowest BCUT2D eigenvalue weighted by molar-refractivity contribution is -0.113.